The summed E-state index contributed by atoms with van der Waals surface area (Å²) >= 11 is 0. The number of hydrogen-bond donors (Lipinski definition) is 2. The van der Waals surface area contributed by atoms with Gasteiger partial charge in [-0.3, -0.25) is 9.59 Å². The van der Waals surface area contributed by atoms with Crippen LogP contribution in [-0.2, 0) is 9.59 Å². The van der Waals surface area contributed by atoms with Crippen molar-refractivity contribution in [2.75, 3.05) is 32.1 Å². The van der Waals surface area contributed by atoms with Crippen molar-refractivity contribution in [2.24, 2.45) is 0 Å². The van der Waals surface area contributed by atoms with E-state index in [9.17, 15) is 9.59 Å². The lowest BCUT2D eigenvalue weighted by molar-refractivity contribution is -0.130. The van der Waals surface area contributed by atoms with Crippen molar-refractivity contribution in [3.63, 3.8) is 0 Å². The van der Waals surface area contributed by atoms with Crippen molar-refractivity contribution in [1.29, 1.82) is 0 Å². The van der Waals surface area contributed by atoms with Crippen LogP contribution in [0.2, 0.25) is 0 Å². The summed E-state index contributed by atoms with van der Waals surface area (Å²) in [6.07, 6.45) is 2.54. The highest BCUT2D eigenvalue weighted by atomic mass is 16.5. The number of nitrogens with zero attached hydrogens (tertiary/aromatic N) is 1. The molecular formula is C22H27N3O3. The first-order valence-corrected chi connectivity index (χ1v) is 9.68. The Bertz CT molecular complexity index is 789. The first-order chi connectivity index (χ1) is 13.7. The van der Waals surface area contributed by atoms with Gasteiger partial charge in [-0.2, -0.15) is 0 Å². The van der Waals surface area contributed by atoms with Crippen LogP contribution in [0.25, 0.3) is 0 Å². The fourth-order valence-electron chi connectivity index (χ4n) is 3.37. The first kappa shape index (κ1) is 19.9. The molecule has 0 unspecified atom stereocenters. The van der Waals surface area contributed by atoms with Crippen LogP contribution in [-0.4, -0.2) is 43.5 Å². The van der Waals surface area contributed by atoms with Crippen LogP contribution in [0.5, 0.6) is 5.75 Å². The normalized spacial score (nSPS) is 14.5. The standard InChI is InChI=1S/C22H27N3O3/c1-28-19-11-7-10-18(16-19)24-22(27)21(17-8-3-2-4-9-17)23-13-12-20(26)25-14-5-6-15-25/h2-4,7-11,16,21,23H,5-6,12-15H2,1H3,(H,24,27)/t21-/m0/s1. The van der Waals surface area contributed by atoms with Gasteiger partial charge in [-0.25, -0.2) is 0 Å². The second kappa shape index (κ2) is 9.90. The number of ether oxygens (including phenoxy) is 1. The maximum Gasteiger partial charge on any atom is 0.246 e. The third kappa shape index (κ3) is 5.33. The predicted molar refractivity (Wildman–Crippen MR) is 109 cm³/mol. The van der Waals surface area contributed by atoms with Gasteiger partial charge in [-0.1, -0.05) is 36.4 Å². The molecule has 1 heterocycles. The molecule has 1 saturated heterocycles. The van der Waals surface area contributed by atoms with Gasteiger partial charge in [-0.05, 0) is 30.5 Å². The van der Waals surface area contributed by atoms with E-state index in [0.29, 0.717) is 24.4 Å². The van der Waals surface area contributed by atoms with E-state index in [0.717, 1.165) is 31.5 Å². The van der Waals surface area contributed by atoms with Crippen molar-refractivity contribution in [3.8, 4) is 5.75 Å². The molecule has 2 amide bonds. The lowest BCUT2D eigenvalue weighted by atomic mass is 10.1. The molecule has 3 rings (SSSR count). The summed E-state index contributed by atoms with van der Waals surface area (Å²) in [5.41, 5.74) is 1.52. The SMILES string of the molecule is COc1cccc(NC(=O)[C@@H](NCCC(=O)N2CCCC2)c2ccccc2)c1. The third-order valence-electron chi connectivity index (χ3n) is 4.88. The van der Waals surface area contributed by atoms with Gasteiger partial charge in [0.25, 0.3) is 0 Å². The van der Waals surface area contributed by atoms with Crippen molar-refractivity contribution in [2.45, 2.75) is 25.3 Å². The highest BCUT2D eigenvalue weighted by Gasteiger charge is 2.22. The Labute approximate surface area is 165 Å². The fourth-order valence-corrected chi connectivity index (χ4v) is 3.37. The first-order valence-electron chi connectivity index (χ1n) is 9.68. The second-order valence-corrected chi connectivity index (χ2v) is 6.86. The summed E-state index contributed by atoms with van der Waals surface area (Å²) in [6.45, 7) is 2.13. The Hall–Kier alpha value is -2.86. The highest BCUT2D eigenvalue weighted by Crippen LogP contribution is 2.20. The van der Waals surface area contributed by atoms with Crippen LogP contribution in [0.15, 0.2) is 54.6 Å². The van der Waals surface area contributed by atoms with Crippen LogP contribution >= 0.6 is 0 Å². The van der Waals surface area contributed by atoms with Crippen LogP contribution < -0.4 is 15.4 Å². The Morgan fingerprint density at radius 2 is 1.82 bits per heavy atom. The van der Waals surface area contributed by atoms with Crippen molar-refractivity contribution in [1.82, 2.24) is 10.2 Å². The van der Waals surface area contributed by atoms with Gasteiger partial charge in [0.15, 0.2) is 0 Å². The number of benzene rings is 2. The summed E-state index contributed by atoms with van der Waals surface area (Å²) in [6, 6.07) is 16.2. The molecule has 148 valence electrons. The van der Waals surface area contributed by atoms with Crippen LogP contribution in [0.3, 0.4) is 0 Å². The zero-order valence-corrected chi connectivity index (χ0v) is 16.2. The molecule has 2 aromatic rings. The van der Waals surface area contributed by atoms with Gasteiger partial charge in [0, 0.05) is 37.8 Å². The Morgan fingerprint density at radius 1 is 1.07 bits per heavy atom. The number of likely N-dealkylation sites (tertiary alicyclic amines) is 1. The molecule has 1 aliphatic rings. The molecule has 0 bridgehead atoms. The molecule has 1 fully saturated rings. The van der Waals surface area contributed by atoms with E-state index in [1.807, 2.05) is 53.4 Å². The molecule has 6 heteroatoms. The molecule has 0 aromatic heterocycles. The number of carbonyl (C=O) groups is 2. The summed E-state index contributed by atoms with van der Waals surface area (Å²) in [5, 5.41) is 6.18. The molecule has 28 heavy (non-hydrogen) atoms. The molecule has 1 aliphatic heterocycles. The Kier molecular flexibility index (Phi) is 7.03. The Balaban J connectivity index is 1.64. The zero-order chi connectivity index (χ0) is 19.8. The molecule has 2 N–H and O–H groups in total. The van der Waals surface area contributed by atoms with Gasteiger partial charge in [0.1, 0.15) is 11.8 Å². The molecule has 2 aromatic carbocycles. The molecule has 0 spiro atoms. The summed E-state index contributed by atoms with van der Waals surface area (Å²) in [7, 11) is 1.59. The topological polar surface area (TPSA) is 70.7 Å². The van der Waals surface area contributed by atoms with Crippen molar-refractivity contribution >= 4 is 17.5 Å². The number of anilines is 1. The smallest absolute Gasteiger partial charge is 0.246 e. The number of rotatable bonds is 8. The fraction of sp³-hybridized carbons (Fsp3) is 0.364. The predicted octanol–water partition coefficient (Wildman–Crippen LogP) is 2.98. The molecule has 0 saturated carbocycles. The molecular weight excluding hydrogens is 354 g/mol. The molecule has 0 radical (unpaired) electrons. The zero-order valence-electron chi connectivity index (χ0n) is 16.2. The molecule has 6 nitrogen and oxygen atoms in total. The largest absolute Gasteiger partial charge is 0.497 e. The van der Waals surface area contributed by atoms with Crippen LogP contribution in [0.4, 0.5) is 5.69 Å². The monoisotopic (exact) mass is 381 g/mol. The summed E-state index contributed by atoms with van der Waals surface area (Å²) in [5.74, 6) is 0.649. The van der Waals surface area contributed by atoms with Gasteiger partial charge in [0.05, 0.1) is 7.11 Å². The number of hydrogen-bond acceptors (Lipinski definition) is 4. The van der Waals surface area contributed by atoms with Gasteiger partial charge >= 0.3 is 0 Å². The number of methoxy groups -OCH3 is 1. The van der Waals surface area contributed by atoms with E-state index >= 15 is 0 Å². The lowest BCUT2D eigenvalue weighted by Gasteiger charge is -2.20. The maximum atomic E-state index is 12.9. The van der Waals surface area contributed by atoms with Gasteiger partial charge in [-0.15, -0.1) is 0 Å². The van der Waals surface area contributed by atoms with Crippen molar-refractivity contribution in [3.05, 3.63) is 60.2 Å². The van der Waals surface area contributed by atoms with Crippen LogP contribution in [0, 0.1) is 0 Å². The maximum absolute atomic E-state index is 12.9. The molecule has 0 aliphatic carbocycles. The second-order valence-electron chi connectivity index (χ2n) is 6.86. The average molecular weight is 381 g/mol. The van der Waals surface area contributed by atoms with Crippen molar-refractivity contribution < 1.29 is 14.3 Å². The van der Waals surface area contributed by atoms with Crippen LogP contribution in [0.1, 0.15) is 30.9 Å². The minimum absolute atomic E-state index is 0.144. The highest BCUT2D eigenvalue weighted by molar-refractivity contribution is 5.95. The van der Waals surface area contributed by atoms with E-state index in [4.69, 9.17) is 4.74 Å². The van der Waals surface area contributed by atoms with Gasteiger partial charge < -0.3 is 20.3 Å². The van der Waals surface area contributed by atoms with E-state index < -0.39 is 6.04 Å². The Morgan fingerprint density at radius 3 is 2.54 bits per heavy atom. The molecule has 1 atom stereocenters. The minimum Gasteiger partial charge on any atom is -0.497 e. The van der Waals surface area contributed by atoms with E-state index in [-0.39, 0.29) is 11.8 Å². The summed E-state index contributed by atoms with van der Waals surface area (Å²) < 4.78 is 5.21. The minimum atomic E-state index is -0.543. The third-order valence-corrected chi connectivity index (χ3v) is 4.88. The number of nitrogens with one attached hydrogen (secondary N) is 2. The number of amides is 2. The van der Waals surface area contributed by atoms with E-state index in [2.05, 4.69) is 10.6 Å². The lowest BCUT2D eigenvalue weighted by Crippen LogP contribution is -2.36. The quantitative estimate of drug-likeness (QED) is 0.738. The average Bonchev–Trinajstić information content (AvgIpc) is 3.27. The number of carbonyl (C=O) groups excluding carboxylic acids is 2. The van der Waals surface area contributed by atoms with E-state index in [1.54, 1.807) is 13.2 Å². The van der Waals surface area contributed by atoms with Gasteiger partial charge in [0.2, 0.25) is 11.8 Å². The van der Waals surface area contributed by atoms with E-state index in [1.165, 1.54) is 0 Å². The summed E-state index contributed by atoms with van der Waals surface area (Å²) in [4.78, 5) is 27.1.